The van der Waals surface area contributed by atoms with E-state index in [2.05, 4.69) is 45.1 Å². The largest absolute Gasteiger partial charge is 0.320 e. The number of carbonyl (C=O) groups excluding carboxylic acids is 1. The normalized spacial score (nSPS) is 25.4. The molecule has 3 unspecified atom stereocenters. The molecular weight excluding hydrogens is 256 g/mol. The zero-order valence-electron chi connectivity index (χ0n) is 12.4. The smallest absolute Gasteiger partial charge is 0.241 e. The quantitative estimate of drug-likeness (QED) is 0.919. The SMILES string of the molecule is Cc1ccc(C2NC(C)C(=O)N2CC(C)C(C)C)s1. The van der Waals surface area contributed by atoms with Crippen molar-refractivity contribution in [2.45, 2.75) is 46.8 Å². The Labute approximate surface area is 120 Å². The third-order valence-corrected chi connectivity index (χ3v) is 5.08. The lowest BCUT2D eigenvalue weighted by molar-refractivity contribution is -0.130. The average Bonchev–Trinajstić information content (AvgIpc) is 2.88. The first-order chi connectivity index (χ1) is 8.90. The van der Waals surface area contributed by atoms with Crippen molar-refractivity contribution in [2.24, 2.45) is 11.8 Å². The molecule has 1 aliphatic heterocycles. The van der Waals surface area contributed by atoms with Crippen LogP contribution in [0.2, 0.25) is 0 Å². The number of carbonyl (C=O) groups is 1. The van der Waals surface area contributed by atoms with Gasteiger partial charge in [0.25, 0.3) is 0 Å². The monoisotopic (exact) mass is 280 g/mol. The first-order valence-electron chi connectivity index (χ1n) is 7.03. The average molecular weight is 280 g/mol. The van der Waals surface area contributed by atoms with Gasteiger partial charge in [0, 0.05) is 16.3 Å². The molecule has 1 aromatic heterocycles. The summed E-state index contributed by atoms with van der Waals surface area (Å²) in [7, 11) is 0. The van der Waals surface area contributed by atoms with Gasteiger partial charge in [-0.25, -0.2) is 0 Å². The molecule has 1 saturated heterocycles. The van der Waals surface area contributed by atoms with Crippen molar-refractivity contribution < 1.29 is 4.79 Å². The highest BCUT2D eigenvalue weighted by Gasteiger charge is 2.38. The van der Waals surface area contributed by atoms with Crippen molar-refractivity contribution in [3.63, 3.8) is 0 Å². The molecule has 106 valence electrons. The van der Waals surface area contributed by atoms with Crippen LogP contribution in [0.3, 0.4) is 0 Å². The van der Waals surface area contributed by atoms with E-state index < -0.39 is 0 Å². The number of hydrogen-bond acceptors (Lipinski definition) is 3. The highest BCUT2D eigenvalue weighted by atomic mass is 32.1. The van der Waals surface area contributed by atoms with E-state index in [1.165, 1.54) is 9.75 Å². The van der Waals surface area contributed by atoms with E-state index in [0.717, 1.165) is 6.54 Å². The minimum Gasteiger partial charge on any atom is -0.320 e. The lowest BCUT2D eigenvalue weighted by Crippen LogP contribution is -2.35. The number of nitrogens with one attached hydrogen (secondary N) is 1. The molecule has 0 saturated carbocycles. The fourth-order valence-corrected chi connectivity index (χ4v) is 3.28. The number of rotatable bonds is 4. The van der Waals surface area contributed by atoms with E-state index in [9.17, 15) is 4.79 Å². The molecule has 0 aromatic carbocycles. The summed E-state index contributed by atoms with van der Waals surface area (Å²) in [5.74, 6) is 1.33. The second-order valence-corrected chi connectivity index (χ2v) is 7.27. The van der Waals surface area contributed by atoms with E-state index in [4.69, 9.17) is 0 Å². The fourth-order valence-electron chi connectivity index (χ4n) is 2.33. The lowest BCUT2D eigenvalue weighted by atomic mass is 9.97. The zero-order chi connectivity index (χ0) is 14.2. The summed E-state index contributed by atoms with van der Waals surface area (Å²) in [5.41, 5.74) is 0. The molecule has 2 heterocycles. The standard InChI is InChI=1S/C15H24N2OS/c1-9(2)10(3)8-17-14(16-12(5)15(17)18)13-7-6-11(4)19-13/h6-7,9-10,12,14,16H,8H2,1-5H3. The molecule has 1 aliphatic rings. The van der Waals surface area contributed by atoms with Gasteiger partial charge >= 0.3 is 0 Å². The molecule has 19 heavy (non-hydrogen) atoms. The Morgan fingerprint density at radius 3 is 2.58 bits per heavy atom. The molecule has 0 spiro atoms. The molecule has 1 amide bonds. The Bertz CT molecular complexity index is 455. The van der Waals surface area contributed by atoms with Crippen LogP contribution in [0.5, 0.6) is 0 Å². The first-order valence-corrected chi connectivity index (χ1v) is 7.84. The summed E-state index contributed by atoms with van der Waals surface area (Å²) in [5, 5.41) is 3.41. The Morgan fingerprint density at radius 1 is 1.37 bits per heavy atom. The maximum atomic E-state index is 12.3. The molecule has 2 rings (SSSR count). The molecule has 0 bridgehead atoms. The Balaban J connectivity index is 2.19. The first kappa shape index (κ1) is 14.5. The van der Waals surface area contributed by atoms with Crippen LogP contribution in [0.1, 0.15) is 43.6 Å². The summed E-state index contributed by atoms with van der Waals surface area (Å²) in [6.45, 7) is 11.5. The van der Waals surface area contributed by atoms with Crippen LogP contribution >= 0.6 is 11.3 Å². The van der Waals surface area contributed by atoms with Gasteiger partial charge in [-0.05, 0) is 37.8 Å². The van der Waals surface area contributed by atoms with Gasteiger partial charge in [0.2, 0.25) is 5.91 Å². The van der Waals surface area contributed by atoms with Crippen molar-refractivity contribution in [3.8, 4) is 0 Å². The molecule has 1 fully saturated rings. The summed E-state index contributed by atoms with van der Waals surface area (Å²) in [4.78, 5) is 16.9. The summed E-state index contributed by atoms with van der Waals surface area (Å²) >= 11 is 1.77. The predicted molar refractivity (Wildman–Crippen MR) is 80.1 cm³/mol. The van der Waals surface area contributed by atoms with Gasteiger partial charge in [0.05, 0.1) is 6.04 Å². The van der Waals surface area contributed by atoms with Gasteiger partial charge in [-0.3, -0.25) is 10.1 Å². The van der Waals surface area contributed by atoms with Crippen LogP contribution in [0.25, 0.3) is 0 Å². The number of thiophene rings is 1. The van der Waals surface area contributed by atoms with Crippen LogP contribution in [-0.2, 0) is 4.79 Å². The molecular formula is C15H24N2OS. The van der Waals surface area contributed by atoms with Crippen LogP contribution in [0.15, 0.2) is 12.1 Å². The van der Waals surface area contributed by atoms with Gasteiger partial charge in [-0.2, -0.15) is 0 Å². The molecule has 3 nitrogen and oxygen atoms in total. The van der Waals surface area contributed by atoms with Gasteiger partial charge < -0.3 is 4.90 Å². The molecule has 1 aromatic rings. The zero-order valence-corrected chi connectivity index (χ0v) is 13.3. The van der Waals surface area contributed by atoms with Crippen molar-refractivity contribution in [1.29, 1.82) is 0 Å². The van der Waals surface area contributed by atoms with Crippen molar-refractivity contribution in [2.75, 3.05) is 6.54 Å². The van der Waals surface area contributed by atoms with Crippen molar-refractivity contribution >= 4 is 17.2 Å². The van der Waals surface area contributed by atoms with E-state index in [1.807, 2.05) is 11.8 Å². The topological polar surface area (TPSA) is 32.3 Å². The van der Waals surface area contributed by atoms with Gasteiger partial charge in [-0.1, -0.05) is 20.8 Å². The molecule has 0 aliphatic carbocycles. The van der Waals surface area contributed by atoms with Crippen LogP contribution in [-0.4, -0.2) is 23.4 Å². The number of hydrogen-bond donors (Lipinski definition) is 1. The maximum absolute atomic E-state index is 12.3. The van der Waals surface area contributed by atoms with Gasteiger partial charge in [0.15, 0.2) is 0 Å². The Kier molecular flexibility index (Phi) is 4.31. The molecule has 0 radical (unpaired) electrons. The van der Waals surface area contributed by atoms with Crippen molar-refractivity contribution in [3.05, 3.63) is 21.9 Å². The summed E-state index contributed by atoms with van der Waals surface area (Å²) < 4.78 is 0. The Hall–Kier alpha value is -0.870. The van der Waals surface area contributed by atoms with E-state index in [1.54, 1.807) is 11.3 Å². The third-order valence-electron chi connectivity index (χ3n) is 4.03. The predicted octanol–water partition coefficient (Wildman–Crippen LogP) is 3.17. The maximum Gasteiger partial charge on any atom is 0.241 e. The number of aryl methyl sites for hydroxylation is 1. The van der Waals surface area contributed by atoms with Gasteiger partial charge in [-0.15, -0.1) is 11.3 Å². The Morgan fingerprint density at radius 2 is 2.05 bits per heavy atom. The van der Waals surface area contributed by atoms with Crippen molar-refractivity contribution in [1.82, 2.24) is 10.2 Å². The third kappa shape index (κ3) is 3.00. The van der Waals surface area contributed by atoms with E-state index in [0.29, 0.717) is 11.8 Å². The second kappa shape index (κ2) is 5.63. The lowest BCUT2D eigenvalue weighted by Gasteiger charge is -2.28. The molecule has 4 heteroatoms. The summed E-state index contributed by atoms with van der Waals surface area (Å²) in [6.07, 6.45) is 0.0578. The van der Waals surface area contributed by atoms with E-state index in [-0.39, 0.29) is 18.1 Å². The minimum absolute atomic E-state index is 0.0578. The highest BCUT2D eigenvalue weighted by molar-refractivity contribution is 7.12. The van der Waals surface area contributed by atoms with Crippen LogP contribution < -0.4 is 5.32 Å². The van der Waals surface area contributed by atoms with Crippen LogP contribution in [0, 0.1) is 18.8 Å². The highest BCUT2D eigenvalue weighted by Crippen LogP contribution is 2.31. The molecule has 1 N–H and O–H groups in total. The van der Waals surface area contributed by atoms with Gasteiger partial charge in [0.1, 0.15) is 6.17 Å². The minimum atomic E-state index is -0.0771. The van der Waals surface area contributed by atoms with Crippen LogP contribution in [0.4, 0.5) is 0 Å². The molecule has 3 atom stereocenters. The second-order valence-electron chi connectivity index (χ2n) is 5.95. The van der Waals surface area contributed by atoms with E-state index >= 15 is 0 Å². The fraction of sp³-hybridized carbons (Fsp3) is 0.667. The summed E-state index contributed by atoms with van der Waals surface area (Å²) in [6, 6.07) is 4.18. The number of nitrogens with zero attached hydrogens (tertiary/aromatic N) is 1. The number of amides is 1.